The van der Waals surface area contributed by atoms with Gasteiger partial charge >= 0.3 is 0 Å². The van der Waals surface area contributed by atoms with Gasteiger partial charge in [0.15, 0.2) is 0 Å². The van der Waals surface area contributed by atoms with E-state index in [0.717, 1.165) is 34.1 Å². The smallest absolute Gasteiger partial charge is 0.274 e. The summed E-state index contributed by atoms with van der Waals surface area (Å²) in [4.78, 5) is 27.6. The summed E-state index contributed by atoms with van der Waals surface area (Å²) in [6.07, 6.45) is 2.80. The second-order valence-electron chi connectivity index (χ2n) is 6.80. The van der Waals surface area contributed by atoms with E-state index in [2.05, 4.69) is 15.1 Å². The lowest BCUT2D eigenvalue weighted by Crippen LogP contribution is -2.42. The van der Waals surface area contributed by atoms with Crippen LogP contribution < -0.4 is 0 Å². The molecule has 28 heavy (non-hydrogen) atoms. The monoisotopic (exact) mass is 379 g/mol. The molecule has 0 saturated carbocycles. The van der Waals surface area contributed by atoms with Crippen LogP contribution in [-0.2, 0) is 4.74 Å². The van der Waals surface area contributed by atoms with Crippen LogP contribution in [0.5, 0.6) is 0 Å². The van der Waals surface area contributed by atoms with Crippen LogP contribution in [0.1, 0.15) is 39.4 Å². The average Bonchev–Trinajstić information content (AvgIpc) is 3.06. The summed E-state index contributed by atoms with van der Waals surface area (Å²) < 4.78 is 11.2. The first-order valence-electron chi connectivity index (χ1n) is 9.12. The van der Waals surface area contributed by atoms with E-state index in [9.17, 15) is 4.79 Å². The molecular weight excluding hydrogens is 358 g/mol. The molecule has 1 fully saturated rings. The zero-order chi connectivity index (χ0) is 19.7. The zero-order valence-corrected chi connectivity index (χ0v) is 16.0. The number of aryl methyl sites for hydroxylation is 3. The molecule has 144 valence electrons. The summed E-state index contributed by atoms with van der Waals surface area (Å²) in [5.41, 5.74) is 4.34. The maximum Gasteiger partial charge on any atom is 0.274 e. The highest BCUT2D eigenvalue weighted by Crippen LogP contribution is 2.28. The number of ether oxygens (including phenoxy) is 1. The Labute approximate surface area is 162 Å². The van der Waals surface area contributed by atoms with Gasteiger partial charge in [-0.2, -0.15) is 0 Å². The van der Waals surface area contributed by atoms with Crippen molar-refractivity contribution in [1.29, 1.82) is 0 Å². The fourth-order valence-electron chi connectivity index (χ4n) is 3.30. The van der Waals surface area contributed by atoms with Crippen molar-refractivity contribution in [1.82, 2.24) is 25.0 Å². The van der Waals surface area contributed by atoms with Gasteiger partial charge in [-0.05, 0) is 32.9 Å². The van der Waals surface area contributed by atoms with Gasteiger partial charge in [0.25, 0.3) is 5.91 Å². The van der Waals surface area contributed by atoms with Gasteiger partial charge in [-0.1, -0.05) is 11.2 Å². The molecule has 4 heterocycles. The van der Waals surface area contributed by atoms with Crippen molar-refractivity contribution in [2.24, 2.45) is 0 Å². The minimum absolute atomic E-state index is 0.150. The van der Waals surface area contributed by atoms with Gasteiger partial charge in [-0.25, -0.2) is 9.97 Å². The lowest BCUT2D eigenvalue weighted by atomic mass is 10.1. The van der Waals surface area contributed by atoms with Crippen LogP contribution in [0.15, 0.2) is 35.1 Å². The molecule has 0 radical (unpaired) electrons. The van der Waals surface area contributed by atoms with E-state index in [1.165, 1.54) is 6.20 Å². The second kappa shape index (κ2) is 7.47. The van der Waals surface area contributed by atoms with Gasteiger partial charge in [-0.15, -0.1) is 0 Å². The molecule has 1 amide bonds. The highest BCUT2D eigenvalue weighted by molar-refractivity contribution is 5.92. The standard InChI is InChI=1S/C20H21N5O3/c1-12-9-22-17(10-21-12)20(26)25-7-8-27-18(11-25)15-5-4-6-16(23-15)19-13(2)24-28-14(19)3/h4-6,9-10,18H,7-8,11H2,1-3H3/t18-/m0/s1. The first-order valence-corrected chi connectivity index (χ1v) is 9.12. The second-order valence-corrected chi connectivity index (χ2v) is 6.80. The van der Waals surface area contributed by atoms with Crippen LogP contribution >= 0.6 is 0 Å². The first-order chi connectivity index (χ1) is 13.5. The first kappa shape index (κ1) is 18.2. The van der Waals surface area contributed by atoms with E-state index in [-0.39, 0.29) is 12.0 Å². The van der Waals surface area contributed by atoms with Crippen molar-refractivity contribution in [3.8, 4) is 11.3 Å². The Morgan fingerprint density at radius 3 is 2.75 bits per heavy atom. The van der Waals surface area contributed by atoms with Crippen LogP contribution in [0.3, 0.4) is 0 Å². The maximum absolute atomic E-state index is 12.8. The molecule has 3 aromatic heterocycles. The summed E-state index contributed by atoms with van der Waals surface area (Å²) in [6.45, 7) is 6.95. The number of pyridine rings is 1. The predicted molar refractivity (Wildman–Crippen MR) is 101 cm³/mol. The minimum atomic E-state index is -0.309. The molecule has 0 spiro atoms. The van der Waals surface area contributed by atoms with Crippen molar-refractivity contribution in [2.75, 3.05) is 19.7 Å². The fourth-order valence-corrected chi connectivity index (χ4v) is 3.30. The lowest BCUT2D eigenvalue weighted by Gasteiger charge is -2.32. The maximum atomic E-state index is 12.8. The Morgan fingerprint density at radius 2 is 2.04 bits per heavy atom. The molecule has 4 rings (SSSR count). The van der Waals surface area contributed by atoms with Crippen LogP contribution in [0.2, 0.25) is 0 Å². The number of morpholine rings is 1. The number of hydrogen-bond donors (Lipinski definition) is 0. The normalized spacial score (nSPS) is 17.0. The molecule has 0 aromatic carbocycles. The van der Waals surface area contributed by atoms with E-state index in [1.54, 1.807) is 11.1 Å². The average molecular weight is 379 g/mol. The number of rotatable bonds is 3. The third kappa shape index (κ3) is 3.50. The lowest BCUT2D eigenvalue weighted by molar-refractivity contribution is -0.0248. The molecule has 1 aliphatic rings. The summed E-state index contributed by atoms with van der Waals surface area (Å²) in [7, 11) is 0. The van der Waals surface area contributed by atoms with Gasteiger partial charge < -0.3 is 14.2 Å². The highest BCUT2D eigenvalue weighted by Gasteiger charge is 2.28. The fraction of sp³-hybridized carbons (Fsp3) is 0.350. The molecule has 8 nitrogen and oxygen atoms in total. The van der Waals surface area contributed by atoms with E-state index in [0.29, 0.717) is 25.4 Å². The molecule has 1 atom stereocenters. The van der Waals surface area contributed by atoms with Gasteiger partial charge in [0.05, 0.1) is 47.7 Å². The molecule has 1 aliphatic heterocycles. The predicted octanol–water partition coefficient (Wildman–Crippen LogP) is 2.67. The van der Waals surface area contributed by atoms with Crippen molar-refractivity contribution < 1.29 is 14.1 Å². The third-order valence-electron chi connectivity index (χ3n) is 4.74. The molecule has 0 unspecified atom stereocenters. The number of amides is 1. The van der Waals surface area contributed by atoms with Crippen LogP contribution in [-0.4, -0.2) is 50.6 Å². The molecule has 0 aliphatic carbocycles. The van der Waals surface area contributed by atoms with Gasteiger partial charge in [0.2, 0.25) is 0 Å². The molecule has 0 N–H and O–H groups in total. The van der Waals surface area contributed by atoms with E-state index < -0.39 is 0 Å². The third-order valence-corrected chi connectivity index (χ3v) is 4.74. The largest absolute Gasteiger partial charge is 0.368 e. The Balaban J connectivity index is 1.56. The van der Waals surface area contributed by atoms with Gasteiger partial charge in [0.1, 0.15) is 17.6 Å². The highest BCUT2D eigenvalue weighted by atomic mass is 16.5. The summed E-state index contributed by atoms with van der Waals surface area (Å²) in [6, 6.07) is 5.76. The van der Waals surface area contributed by atoms with Crippen LogP contribution in [0, 0.1) is 20.8 Å². The number of nitrogens with zero attached hydrogens (tertiary/aromatic N) is 5. The van der Waals surface area contributed by atoms with E-state index in [1.807, 2.05) is 39.0 Å². The number of carbonyl (C=O) groups is 1. The van der Waals surface area contributed by atoms with Crippen molar-refractivity contribution in [3.05, 3.63) is 59.1 Å². The molecule has 0 bridgehead atoms. The Hall–Kier alpha value is -3.13. The quantitative estimate of drug-likeness (QED) is 0.690. The molecule has 3 aromatic rings. The van der Waals surface area contributed by atoms with Crippen molar-refractivity contribution in [2.45, 2.75) is 26.9 Å². The molecular formula is C20H21N5O3. The van der Waals surface area contributed by atoms with E-state index >= 15 is 0 Å². The Bertz CT molecular complexity index is 980. The number of carbonyl (C=O) groups excluding carboxylic acids is 1. The van der Waals surface area contributed by atoms with Crippen molar-refractivity contribution in [3.63, 3.8) is 0 Å². The van der Waals surface area contributed by atoms with Gasteiger partial charge in [0, 0.05) is 12.7 Å². The Morgan fingerprint density at radius 1 is 1.18 bits per heavy atom. The molecule has 8 heteroatoms. The summed E-state index contributed by atoms with van der Waals surface area (Å²) in [5, 5.41) is 4.00. The van der Waals surface area contributed by atoms with Gasteiger partial charge in [-0.3, -0.25) is 9.78 Å². The van der Waals surface area contributed by atoms with Crippen LogP contribution in [0.4, 0.5) is 0 Å². The Kier molecular flexibility index (Phi) is 4.87. The van der Waals surface area contributed by atoms with Crippen LogP contribution in [0.25, 0.3) is 11.3 Å². The minimum Gasteiger partial charge on any atom is -0.368 e. The van der Waals surface area contributed by atoms with Crippen molar-refractivity contribution >= 4 is 5.91 Å². The summed E-state index contributed by atoms with van der Waals surface area (Å²) in [5.74, 6) is 0.573. The SMILES string of the molecule is Cc1cnc(C(=O)N2CCO[C@H](c3cccc(-c4c(C)noc4C)n3)C2)cn1. The number of aromatic nitrogens is 4. The topological polar surface area (TPSA) is 94.2 Å². The summed E-state index contributed by atoms with van der Waals surface area (Å²) >= 11 is 0. The van der Waals surface area contributed by atoms with E-state index in [4.69, 9.17) is 14.2 Å². The molecule has 1 saturated heterocycles. The number of hydrogen-bond acceptors (Lipinski definition) is 7. The zero-order valence-electron chi connectivity index (χ0n) is 16.0.